The second kappa shape index (κ2) is 12.9. The predicted octanol–water partition coefficient (Wildman–Crippen LogP) is 0.188. The molecule has 0 bridgehead atoms. The van der Waals surface area contributed by atoms with Crippen molar-refractivity contribution in [3.05, 3.63) is 40.4 Å². The lowest BCUT2D eigenvalue weighted by Crippen LogP contribution is -2.76. The highest BCUT2D eigenvalue weighted by Gasteiger charge is 2.58. The number of oxime groups is 1. The number of carbonyl (C=O) groups excluding carboxylic acids is 2. The number of ether oxygens (including phenoxy) is 1. The number of hydroxylamine groups is 2. The van der Waals surface area contributed by atoms with E-state index in [0.29, 0.717) is 28.8 Å². The van der Waals surface area contributed by atoms with Gasteiger partial charge in [0.25, 0.3) is 17.4 Å². The molecule has 2 aliphatic heterocycles. The van der Waals surface area contributed by atoms with Crippen molar-refractivity contribution in [3.8, 4) is 5.75 Å². The number of nitrogens with two attached hydrogens (primary N) is 1. The van der Waals surface area contributed by atoms with Gasteiger partial charge in [-0.25, -0.2) is 9.78 Å². The standard InChI is InChI=1S/C28H36N8O10S2/c1-27(2)21(24(38)36(27)46-48(41,42)43)34-23(37)20(17-12-47-26(30)33-17)35-45-28(3,25(39)40)19-8-6-13-9-14(5-7-18(13)44-19)22(29)32-16-10-15(11-16)31-4/h5,7,9,12,15-16,19,21,31H,6,8,10-11H2,1-4H3,(H2,29,32)(H2,30,33)(H,34,37)(H,39,40)(H,41,42,43)/b35-20-/t15-,16-,19-,21-,28?/m1/s1. The lowest BCUT2D eigenvalue weighted by Gasteiger charge is -2.50. The Morgan fingerprint density at radius 2 is 1.98 bits per heavy atom. The Morgan fingerprint density at radius 3 is 2.56 bits per heavy atom. The molecule has 3 aliphatic rings. The maximum absolute atomic E-state index is 13.4. The highest BCUT2D eigenvalue weighted by atomic mass is 32.3. The number of nitrogen functional groups attached to an aromatic ring is 1. The van der Waals surface area contributed by atoms with Crippen molar-refractivity contribution in [1.82, 2.24) is 26.0 Å². The van der Waals surface area contributed by atoms with Crippen LogP contribution in [0.15, 0.2) is 28.7 Å². The molecule has 1 unspecified atom stereocenters. The number of fused-ring (bicyclic) bond motifs is 1. The van der Waals surface area contributed by atoms with Crippen LogP contribution in [0.25, 0.3) is 0 Å². The number of rotatable bonds is 12. The number of aliphatic carboxylic acids is 1. The van der Waals surface area contributed by atoms with Gasteiger partial charge in [0.05, 0.1) is 5.54 Å². The molecule has 2 amide bonds. The van der Waals surface area contributed by atoms with E-state index in [9.17, 15) is 27.9 Å². The molecule has 48 heavy (non-hydrogen) atoms. The molecule has 1 saturated heterocycles. The molecule has 0 radical (unpaired) electrons. The first-order valence-electron chi connectivity index (χ1n) is 14.8. The molecule has 1 aliphatic carbocycles. The van der Waals surface area contributed by atoms with Gasteiger partial charge < -0.3 is 36.4 Å². The molecule has 3 heterocycles. The van der Waals surface area contributed by atoms with Gasteiger partial charge in [-0.1, -0.05) is 5.16 Å². The van der Waals surface area contributed by atoms with E-state index in [1.54, 1.807) is 12.1 Å². The minimum absolute atomic E-state index is 0.0593. The minimum atomic E-state index is -5.03. The fourth-order valence-electron chi connectivity index (χ4n) is 5.59. The average molecular weight is 709 g/mol. The van der Waals surface area contributed by atoms with E-state index < -0.39 is 57.2 Å². The topological polar surface area (TPSA) is 268 Å². The monoisotopic (exact) mass is 708 g/mol. The largest absolute Gasteiger partial charge is 0.485 e. The van der Waals surface area contributed by atoms with Crippen molar-refractivity contribution in [2.75, 3.05) is 12.8 Å². The molecule has 8 N–H and O–H groups in total. The summed E-state index contributed by atoms with van der Waals surface area (Å²) in [5.74, 6) is -2.75. The van der Waals surface area contributed by atoms with Crippen LogP contribution in [0.5, 0.6) is 5.75 Å². The third-order valence-electron chi connectivity index (χ3n) is 8.66. The first-order valence-corrected chi connectivity index (χ1v) is 17.0. The third-order valence-corrected chi connectivity index (χ3v) is 9.67. The van der Waals surface area contributed by atoms with E-state index in [1.807, 2.05) is 13.1 Å². The molecule has 1 saturated carbocycles. The molecule has 3 atom stereocenters. The van der Waals surface area contributed by atoms with Crippen LogP contribution in [0.3, 0.4) is 0 Å². The maximum atomic E-state index is 13.4. The number of anilines is 1. The van der Waals surface area contributed by atoms with E-state index >= 15 is 0 Å². The van der Waals surface area contributed by atoms with Crippen LogP contribution in [0.2, 0.25) is 0 Å². The van der Waals surface area contributed by atoms with Crippen LogP contribution >= 0.6 is 11.3 Å². The minimum Gasteiger partial charge on any atom is -0.485 e. The Labute approximate surface area is 279 Å². The second-order valence-corrected chi connectivity index (χ2v) is 14.2. The molecule has 2 aromatic rings. The molecule has 2 fully saturated rings. The van der Waals surface area contributed by atoms with Gasteiger partial charge in [-0.2, -0.15) is 13.5 Å². The van der Waals surface area contributed by atoms with Crippen LogP contribution in [0.4, 0.5) is 5.13 Å². The Balaban J connectivity index is 1.32. The Bertz CT molecular complexity index is 1770. The van der Waals surface area contributed by atoms with Gasteiger partial charge in [-0.15, -0.1) is 15.6 Å². The zero-order valence-corrected chi connectivity index (χ0v) is 28.0. The molecule has 1 aromatic heterocycles. The number of carboxylic acid groups (broad SMARTS) is 1. The van der Waals surface area contributed by atoms with Gasteiger partial charge in [0.1, 0.15) is 23.3 Å². The van der Waals surface area contributed by atoms with Crippen molar-refractivity contribution in [3.63, 3.8) is 0 Å². The summed E-state index contributed by atoms with van der Waals surface area (Å²) in [5.41, 5.74) is 3.05. The molecule has 0 spiro atoms. The number of aromatic nitrogens is 1. The number of hydrogen-bond donors (Lipinski definition) is 7. The van der Waals surface area contributed by atoms with E-state index in [1.165, 1.54) is 26.2 Å². The summed E-state index contributed by atoms with van der Waals surface area (Å²) in [6, 6.07) is 4.51. The number of aryl methyl sites for hydroxylation is 1. The molecule has 20 heteroatoms. The van der Waals surface area contributed by atoms with E-state index in [-0.39, 0.29) is 29.1 Å². The third kappa shape index (κ3) is 6.92. The number of β-lactam (4-membered cyclic amide) rings is 1. The summed E-state index contributed by atoms with van der Waals surface area (Å²) >= 11 is 0.965. The fourth-order valence-corrected chi connectivity index (χ4v) is 6.59. The van der Waals surface area contributed by atoms with Gasteiger partial charge in [0, 0.05) is 23.0 Å². The van der Waals surface area contributed by atoms with Gasteiger partial charge in [0.2, 0.25) is 0 Å². The summed E-state index contributed by atoms with van der Waals surface area (Å²) in [4.78, 5) is 48.3. The number of nitrogens with one attached hydrogen (secondary N) is 4. The van der Waals surface area contributed by atoms with E-state index in [0.717, 1.165) is 29.7 Å². The zero-order valence-electron chi connectivity index (χ0n) is 26.3. The van der Waals surface area contributed by atoms with Crippen molar-refractivity contribution < 1.29 is 46.3 Å². The van der Waals surface area contributed by atoms with Crippen molar-refractivity contribution >= 4 is 56.2 Å². The maximum Gasteiger partial charge on any atom is 0.418 e. The van der Waals surface area contributed by atoms with Crippen molar-refractivity contribution in [1.29, 1.82) is 5.41 Å². The normalized spacial score (nSPS) is 24.6. The summed E-state index contributed by atoms with van der Waals surface area (Å²) in [7, 11) is -3.12. The second-order valence-electron chi connectivity index (χ2n) is 12.4. The number of nitrogens with zero attached hydrogens (tertiary/aromatic N) is 3. The lowest BCUT2D eigenvalue weighted by molar-refractivity contribution is -0.218. The summed E-state index contributed by atoms with van der Waals surface area (Å²) in [6.45, 7) is 3.98. The first kappa shape index (κ1) is 35.0. The molecule has 5 rings (SSSR count). The number of carboxylic acids is 1. The van der Waals surface area contributed by atoms with Gasteiger partial charge in [-0.05, 0) is 77.3 Å². The number of hydrogen-bond acceptors (Lipinski definition) is 14. The van der Waals surface area contributed by atoms with Crippen molar-refractivity contribution in [2.45, 2.75) is 81.8 Å². The number of carbonyl (C=O) groups is 3. The zero-order chi connectivity index (χ0) is 35.2. The van der Waals surface area contributed by atoms with Crippen molar-refractivity contribution in [2.24, 2.45) is 5.16 Å². The Kier molecular flexibility index (Phi) is 9.40. The van der Waals surface area contributed by atoms with Crippen LogP contribution in [0.1, 0.15) is 56.9 Å². The molecule has 18 nitrogen and oxygen atoms in total. The summed E-state index contributed by atoms with van der Waals surface area (Å²) in [5, 5.41) is 33.3. The molecule has 260 valence electrons. The van der Waals surface area contributed by atoms with Crippen LogP contribution in [0, 0.1) is 5.41 Å². The SMILES string of the molecule is CN[C@H]1C[C@H](NC(=N)c2ccc3c(c2)CC[C@H](C(C)(O/N=C(\C(=O)N[C@@H]2C(=O)N(OS(=O)(=O)O)C2(C)C)c2csc(N)n2)C(=O)O)O3)C1. The van der Waals surface area contributed by atoms with Gasteiger partial charge in [0.15, 0.2) is 16.9 Å². The number of benzene rings is 1. The van der Waals surface area contributed by atoms with Crippen LogP contribution in [-0.4, -0.2) is 99.9 Å². The Hall–Kier alpha value is -4.37. The molecule has 1 aromatic carbocycles. The lowest BCUT2D eigenvalue weighted by atomic mass is 9.84. The number of amidine groups is 1. The molecular formula is C28H36N8O10S2. The van der Waals surface area contributed by atoms with Gasteiger partial charge >= 0.3 is 16.4 Å². The van der Waals surface area contributed by atoms with Crippen LogP contribution < -0.4 is 26.4 Å². The highest BCUT2D eigenvalue weighted by Crippen LogP contribution is 2.35. The predicted molar refractivity (Wildman–Crippen MR) is 171 cm³/mol. The molecular weight excluding hydrogens is 672 g/mol. The first-order chi connectivity index (χ1) is 22.4. The van der Waals surface area contributed by atoms with Gasteiger partial charge in [-0.3, -0.25) is 19.6 Å². The van der Waals surface area contributed by atoms with E-state index in [2.05, 4.69) is 30.4 Å². The van der Waals surface area contributed by atoms with E-state index in [4.69, 9.17) is 25.3 Å². The highest BCUT2D eigenvalue weighted by molar-refractivity contribution is 7.80. The smallest absolute Gasteiger partial charge is 0.418 e. The van der Waals surface area contributed by atoms with Crippen LogP contribution in [-0.2, 0) is 40.3 Å². The number of amides is 2. The summed E-state index contributed by atoms with van der Waals surface area (Å²) < 4.78 is 41.7. The average Bonchev–Trinajstić information content (AvgIpc) is 3.44. The number of thiazole rings is 1. The fraction of sp³-hybridized carbons (Fsp3) is 0.500. The Morgan fingerprint density at radius 1 is 1.27 bits per heavy atom. The summed E-state index contributed by atoms with van der Waals surface area (Å²) in [6.07, 6.45) is 1.38. The quantitative estimate of drug-likeness (QED) is 0.0510.